The van der Waals surface area contributed by atoms with E-state index in [2.05, 4.69) is 146 Å². The number of benzene rings is 8. The Morgan fingerprint density at radius 3 is 1.49 bits per heavy atom. The number of furan rings is 1. The van der Waals surface area contributed by atoms with E-state index in [0.29, 0.717) is 17.5 Å². The summed E-state index contributed by atoms with van der Waals surface area (Å²) in [6.07, 6.45) is 0. The van der Waals surface area contributed by atoms with E-state index in [4.69, 9.17) is 19.4 Å². The lowest BCUT2D eigenvalue weighted by atomic mass is 9.94. The molecule has 0 unspecified atom stereocenters. The van der Waals surface area contributed by atoms with Crippen molar-refractivity contribution in [2.75, 3.05) is 0 Å². The molecule has 0 saturated heterocycles. The average molecular weight is 652 g/mol. The van der Waals surface area contributed by atoms with Gasteiger partial charge in [0, 0.05) is 32.8 Å². The summed E-state index contributed by atoms with van der Waals surface area (Å²) in [5.74, 6) is 1.87. The smallest absolute Gasteiger partial charge is 0.164 e. The summed E-state index contributed by atoms with van der Waals surface area (Å²) in [4.78, 5) is 15.6. The molecule has 0 radical (unpaired) electrons. The van der Waals surface area contributed by atoms with E-state index in [-0.39, 0.29) is 0 Å². The van der Waals surface area contributed by atoms with Crippen molar-refractivity contribution in [3.8, 4) is 56.4 Å². The quantitative estimate of drug-likeness (QED) is 0.186. The zero-order chi connectivity index (χ0) is 33.7. The summed E-state index contributed by atoms with van der Waals surface area (Å²) in [6.45, 7) is 0. The molecule has 0 aliphatic carbocycles. The van der Waals surface area contributed by atoms with Gasteiger partial charge in [0.15, 0.2) is 17.5 Å². The van der Waals surface area contributed by atoms with Crippen molar-refractivity contribution in [1.29, 1.82) is 0 Å². The van der Waals surface area contributed by atoms with Crippen LogP contribution in [0, 0.1) is 0 Å². The topological polar surface area (TPSA) is 51.8 Å². The molecular formula is C47H29N3O. The number of nitrogens with zero attached hydrogens (tertiary/aromatic N) is 3. The predicted octanol–water partition coefficient (Wildman–Crippen LogP) is 12.4. The molecule has 0 bridgehead atoms. The standard InChI is InChI=1S/C47H29N3O/c1-4-14-30(15-5-1)33-24-25-38-41-29-42(37-22-12-13-23-39(37)44(41)51-43(38)28-33)47-49-45(32-18-8-3-9-19-32)48-46(50-47)40-27-26-34(31-16-6-2-7-17-31)35-20-10-11-21-36(35)40/h1-29H. The van der Waals surface area contributed by atoms with Crippen molar-refractivity contribution in [2.24, 2.45) is 0 Å². The van der Waals surface area contributed by atoms with Gasteiger partial charge in [0.1, 0.15) is 11.2 Å². The van der Waals surface area contributed by atoms with E-state index >= 15 is 0 Å². The van der Waals surface area contributed by atoms with Crippen LogP contribution in [0.5, 0.6) is 0 Å². The molecule has 0 aliphatic rings. The van der Waals surface area contributed by atoms with E-state index < -0.39 is 0 Å². The summed E-state index contributed by atoms with van der Waals surface area (Å²) >= 11 is 0. The molecule has 238 valence electrons. The minimum atomic E-state index is 0.614. The molecule has 0 saturated carbocycles. The van der Waals surface area contributed by atoms with Gasteiger partial charge < -0.3 is 4.42 Å². The first-order chi connectivity index (χ1) is 25.3. The third-order valence-corrected chi connectivity index (χ3v) is 9.74. The lowest BCUT2D eigenvalue weighted by Crippen LogP contribution is -2.01. The van der Waals surface area contributed by atoms with Crippen LogP contribution in [0.3, 0.4) is 0 Å². The highest BCUT2D eigenvalue weighted by molar-refractivity contribution is 6.19. The maximum absolute atomic E-state index is 6.65. The van der Waals surface area contributed by atoms with Crippen LogP contribution in [-0.2, 0) is 0 Å². The molecule has 10 aromatic rings. The molecule has 51 heavy (non-hydrogen) atoms. The molecule has 0 atom stereocenters. The van der Waals surface area contributed by atoms with Gasteiger partial charge in [-0.3, -0.25) is 0 Å². The van der Waals surface area contributed by atoms with Gasteiger partial charge in [0.2, 0.25) is 0 Å². The first-order valence-electron chi connectivity index (χ1n) is 17.1. The average Bonchev–Trinajstić information content (AvgIpc) is 3.59. The minimum absolute atomic E-state index is 0.614. The SMILES string of the molecule is c1ccc(-c2ccc3c(c2)oc2c4ccccc4c(-c4nc(-c5ccccc5)nc(-c5ccc(-c6ccccc6)c6ccccc56)n4)cc32)cc1. The van der Waals surface area contributed by atoms with E-state index in [0.717, 1.165) is 71.3 Å². The van der Waals surface area contributed by atoms with Gasteiger partial charge in [0.25, 0.3) is 0 Å². The van der Waals surface area contributed by atoms with E-state index in [1.54, 1.807) is 0 Å². The largest absolute Gasteiger partial charge is 0.455 e. The fraction of sp³-hybridized carbons (Fsp3) is 0. The molecule has 2 aromatic heterocycles. The Hall–Kier alpha value is -6.91. The Kier molecular flexibility index (Phi) is 6.78. The maximum Gasteiger partial charge on any atom is 0.164 e. The highest BCUT2D eigenvalue weighted by Gasteiger charge is 2.20. The molecule has 10 rings (SSSR count). The van der Waals surface area contributed by atoms with E-state index in [9.17, 15) is 0 Å². The molecule has 4 heteroatoms. The fourth-order valence-corrected chi connectivity index (χ4v) is 7.29. The van der Waals surface area contributed by atoms with Crippen LogP contribution in [-0.4, -0.2) is 15.0 Å². The van der Waals surface area contributed by atoms with Gasteiger partial charge in [0.05, 0.1) is 0 Å². The van der Waals surface area contributed by atoms with Crippen molar-refractivity contribution < 1.29 is 4.42 Å². The Morgan fingerprint density at radius 2 is 0.804 bits per heavy atom. The monoisotopic (exact) mass is 651 g/mol. The van der Waals surface area contributed by atoms with Crippen LogP contribution in [0.1, 0.15) is 0 Å². The minimum Gasteiger partial charge on any atom is -0.455 e. The molecule has 8 aromatic carbocycles. The first-order valence-corrected chi connectivity index (χ1v) is 17.1. The van der Waals surface area contributed by atoms with Gasteiger partial charge in [-0.15, -0.1) is 0 Å². The van der Waals surface area contributed by atoms with Crippen molar-refractivity contribution in [1.82, 2.24) is 15.0 Å². The second-order valence-corrected chi connectivity index (χ2v) is 12.8. The van der Waals surface area contributed by atoms with Gasteiger partial charge in [-0.1, -0.05) is 152 Å². The number of rotatable bonds is 5. The number of fused-ring (bicyclic) bond motifs is 6. The molecule has 0 N–H and O–H groups in total. The Balaban J connectivity index is 1.22. The Labute approximate surface area is 294 Å². The summed E-state index contributed by atoms with van der Waals surface area (Å²) in [7, 11) is 0. The van der Waals surface area contributed by atoms with Gasteiger partial charge >= 0.3 is 0 Å². The normalized spacial score (nSPS) is 11.5. The van der Waals surface area contributed by atoms with Crippen molar-refractivity contribution in [2.45, 2.75) is 0 Å². The van der Waals surface area contributed by atoms with Crippen LogP contribution in [0.2, 0.25) is 0 Å². The second kappa shape index (κ2) is 11.9. The molecule has 4 nitrogen and oxygen atoms in total. The first kappa shape index (κ1) is 29.0. The van der Waals surface area contributed by atoms with Gasteiger partial charge in [-0.05, 0) is 62.7 Å². The summed E-state index contributed by atoms with van der Waals surface area (Å²) in [5.41, 5.74) is 9.14. The second-order valence-electron chi connectivity index (χ2n) is 12.8. The third-order valence-electron chi connectivity index (χ3n) is 9.74. The number of aromatic nitrogens is 3. The lowest BCUT2D eigenvalue weighted by molar-refractivity contribution is 0.673. The Morgan fingerprint density at radius 1 is 0.294 bits per heavy atom. The fourth-order valence-electron chi connectivity index (χ4n) is 7.29. The third kappa shape index (κ3) is 4.96. The van der Waals surface area contributed by atoms with Crippen LogP contribution >= 0.6 is 0 Å². The van der Waals surface area contributed by atoms with Crippen LogP contribution < -0.4 is 0 Å². The zero-order valence-electron chi connectivity index (χ0n) is 27.5. The molecule has 0 fully saturated rings. The van der Waals surface area contributed by atoms with Crippen LogP contribution in [0.25, 0.3) is 99.9 Å². The van der Waals surface area contributed by atoms with E-state index in [1.165, 1.54) is 11.1 Å². The van der Waals surface area contributed by atoms with Crippen molar-refractivity contribution >= 4 is 43.5 Å². The molecular weight excluding hydrogens is 623 g/mol. The maximum atomic E-state index is 6.65. The van der Waals surface area contributed by atoms with Crippen molar-refractivity contribution in [3.05, 3.63) is 176 Å². The van der Waals surface area contributed by atoms with Gasteiger partial charge in [-0.2, -0.15) is 0 Å². The summed E-state index contributed by atoms with van der Waals surface area (Å²) in [5, 5.41) is 6.36. The predicted molar refractivity (Wildman–Crippen MR) is 209 cm³/mol. The highest BCUT2D eigenvalue weighted by atomic mass is 16.3. The lowest BCUT2D eigenvalue weighted by Gasteiger charge is -2.14. The summed E-state index contributed by atoms with van der Waals surface area (Å²) in [6, 6.07) is 60.9. The van der Waals surface area contributed by atoms with E-state index in [1.807, 2.05) is 30.3 Å². The van der Waals surface area contributed by atoms with Crippen LogP contribution in [0.15, 0.2) is 180 Å². The molecule has 0 spiro atoms. The van der Waals surface area contributed by atoms with Gasteiger partial charge in [-0.25, -0.2) is 15.0 Å². The van der Waals surface area contributed by atoms with Crippen molar-refractivity contribution in [3.63, 3.8) is 0 Å². The Bertz CT molecular complexity index is 2900. The van der Waals surface area contributed by atoms with Crippen LogP contribution in [0.4, 0.5) is 0 Å². The molecule has 0 aliphatic heterocycles. The summed E-state index contributed by atoms with van der Waals surface area (Å²) < 4.78 is 6.65. The zero-order valence-corrected chi connectivity index (χ0v) is 27.5. The number of hydrogen-bond donors (Lipinski definition) is 0. The number of hydrogen-bond acceptors (Lipinski definition) is 4. The molecule has 2 heterocycles. The highest BCUT2D eigenvalue weighted by Crippen LogP contribution is 2.41. The molecule has 0 amide bonds.